The summed E-state index contributed by atoms with van der Waals surface area (Å²) in [5.41, 5.74) is 3.03. The Balaban J connectivity index is 1.26. The number of nitrogens with zero attached hydrogens (tertiary/aromatic N) is 4. The molecular formula is C32H40N4O4. The summed E-state index contributed by atoms with van der Waals surface area (Å²) in [5.74, 6) is 1.84. The first-order valence-electron chi connectivity index (χ1n) is 14.3. The molecule has 0 saturated carbocycles. The van der Waals surface area contributed by atoms with E-state index in [2.05, 4.69) is 17.2 Å². The van der Waals surface area contributed by atoms with Crippen LogP contribution in [0.1, 0.15) is 54.6 Å². The molecule has 0 unspecified atom stereocenters. The van der Waals surface area contributed by atoms with Crippen molar-refractivity contribution >= 4 is 11.8 Å². The highest BCUT2D eigenvalue weighted by Crippen LogP contribution is 2.39. The van der Waals surface area contributed by atoms with E-state index in [9.17, 15) is 9.59 Å². The van der Waals surface area contributed by atoms with Gasteiger partial charge in [-0.05, 0) is 74.1 Å². The molecule has 1 spiro atoms. The number of likely N-dealkylation sites (tertiary alicyclic amines) is 1. The predicted molar refractivity (Wildman–Crippen MR) is 155 cm³/mol. The number of carbonyl (C=O) groups excluding carboxylic acids is 2. The largest absolute Gasteiger partial charge is 0.497 e. The molecule has 3 aromatic rings. The number of aromatic nitrogens is 2. The molecule has 1 saturated heterocycles. The summed E-state index contributed by atoms with van der Waals surface area (Å²) >= 11 is 0. The number of likely N-dealkylation sites (N-methyl/N-ethyl adjacent to an activating group) is 1. The molecule has 40 heavy (non-hydrogen) atoms. The minimum Gasteiger partial charge on any atom is -0.497 e. The van der Waals surface area contributed by atoms with E-state index in [-0.39, 0.29) is 11.8 Å². The third-order valence-corrected chi connectivity index (χ3v) is 8.55. The number of carbonyl (C=O) groups is 2. The number of ether oxygens (including phenoxy) is 2. The Labute approximate surface area is 236 Å². The number of methoxy groups -OCH3 is 1. The molecule has 2 aliphatic heterocycles. The van der Waals surface area contributed by atoms with Gasteiger partial charge in [-0.1, -0.05) is 31.0 Å². The molecule has 1 aromatic heterocycles. The lowest BCUT2D eigenvalue weighted by Crippen LogP contribution is -2.51. The molecular weight excluding hydrogens is 504 g/mol. The van der Waals surface area contributed by atoms with Crippen molar-refractivity contribution in [3.05, 3.63) is 65.9 Å². The van der Waals surface area contributed by atoms with Gasteiger partial charge in [-0.2, -0.15) is 5.10 Å². The van der Waals surface area contributed by atoms with Crippen molar-refractivity contribution < 1.29 is 19.1 Å². The smallest absolute Gasteiger partial charge is 0.272 e. The number of para-hydroxylation sites is 1. The molecule has 212 valence electrons. The van der Waals surface area contributed by atoms with E-state index in [0.717, 1.165) is 54.9 Å². The third-order valence-electron chi connectivity index (χ3n) is 8.55. The number of aryl methyl sites for hydroxylation is 2. The lowest BCUT2D eigenvalue weighted by atomic mass is 9.73. The van der Waals surface area contributed by atoms with Crippen LogP contribution in [0.25, 0.3) is 11.3 Å². The van der Waals surface area contributed by atoms with Crippen LogP contribution in [0.5, 0.6) is 11.5 Å². The van der Waals surface area contributed by atoms with Gasteiger partial charge in [0.05, 0.1) is 24.8 Å². The van der Waals surface area contributed by atoms with E-state index in [4.69, 9.17) is 9.47 Å². The van der Waals surface area contributed by atoms with Crippen molar-refractivity contribution in [1.82, 2.24) is 19.6 Å². The number of rotatable bonds is 3. The van der Waals surface area contributed by atoms with Crippen LogP contribution in [-0.4, -0.2) is 71.8 Å². The van der Waals surface area contributed by atoms with Gasteiger partial charge in [-0.15, -0.1) is 0 Å². The van der Waals surface area contributed by atoms with Crippen molar-refractivity contribution in [1.29, 1.82) is 0 Å². The lowest BCUT2D eigenvalue weighted by molar-refractivity contribution is -0.144. The van der Waals surface area contributed by atoms with Crippen molar-refractivity contribution in [2.75, 3.05) is 40.4 Å². The first kappa shape index (κ1) is 27.7. The number of hydrogen-bond donors (Lipinski definition) is 0. The normalized spacial score (nSPS) is 18.2. The standard InChI is InChI=1S/C32H40N4O4/c1-34-21-22-40-29-11-7-6-10-25(29)9-5-4-8-16-32(31(34)38)17-19-36(20-18-32)30(37)28-23-27(33-35(28)2)24-12-14-26(39-3)15-13-24/h6-7,10-15,23H,4-5,8-9,16-22H2,1-3H3. The van der Waals surface area contributed by atoms with Crippen LogP contribution in [0.4, 0.5) is 0 Å². The maximum absolute atomic E-state index is 13.8. The topological polar surface area (TPSA) is 76.9 Å². The Morgan fingerprint density at radius 3 is 2.45 bits per heavy atom. The Bertz CT molecular complexity index is 1320. The van der Waals surface area contributed by atoms with Crippen molar-refractivity contribution in [3.63, 3.8) is 0 Å². The molecule has 0 aliphatic carbocycles. The lowest BCUT2D eigenvalue weighted by Gasteiger charge is -2.42. The Morgan fingerprint density at radius 1 is 0.950 bits per heavy atom. The van der Waals surface area contributed by atoms with Gasteiger partial charge in [0.1, 0.15) is 23.8 Å². The summed E-state index contributed by atoms with van der Waals surface area (Å²) in [7, 11) is 5.32. The fraction of sp³-hybridized carbons (Fsp3) is 0.469. The zero-order valence-corrected chi connectivity index (χ0v) is 23.9. The second-order valence-electron chi connectivity index (χ2n) is 11.1. The number of amides is 2. The Morgan fingerprint density at radius 2 is 1.70 bits per heavy atom. The minimum absolute atomic E-state index is 0.0405. The second kappa shape index (κ2) is 12.1. The Hall–Kier alpha value is -3.81. The van der Waals surface area contributed by atoms with Gasteiger partial charge >= 0.3 is 0 Å². The van der Waals surface area contributed by atoms with E-state index in [0.29, 0.717) is 44.8 Å². The molecule has 0 atom stereocenters. The van der Waals surface area contributed by atoms with Crippen molar-refractivity contribution in [3.8, 4) is 22.8 Å². The maximum atomic E-state index is 13.8. The molecule has 2 amide bonds. The monoisotopic (exact) mass is 544 g/mol. The van der Waals surface area contributed by atoms with Crippen LogP contribution < -0.4 is 9.47 Å². The van der Waals surface area contributed by atoms with Crippen LogP contribution in [0.15, 0.2) is 54.6 Å². The zero-order chi connectivity index (χ0) is 28.1. The van der Waals surface area contributed by atoms with Gasteiger partial charge in [0.15, 0.2) is 0 Å². The molecule has 0 N–H and O–H groups in total. The summed E-state index contributed by atoms with van der Waals surface area (Å²) in [6, 6.07) is 17.7. The van der Waals surface area contributed by atoms with E-state index >= 15 is 0 Å². The summed E-state index contributed by atoms with van der Waals surface area (Å²) < 4.78 is 13.0. The van der Waals surface area contributed by atoms with Gasteiger partial charge in [0, 0.05) is 32.7 Å². The summed E-state index contributed by atoms with van der Waals surface area (Å²) in [4.78, 5) is 31.1. The number of fused-ring (bicyclic) bond motifs is 1. The first-order chi connectivity index (χ1) is 19.4. The van der Waals surface area contributed by atoms with Crippen LogP contribution >= 0.6 is 0 Å². The predicted octanol–water partition coefficient (Wildman–Crippen LogP) is 4.97. The quantitative estimate of drug-likeness (QED) is 0.465. The number of benzene rings is 2. The highest BCUT2D eigenvalue weighted by molar-refractivity contribution is 5.94. The van der Waals surface area contributed by atoms with Gasteiger partial charge in [0.2, 0.25) is 5.91 Å². The van der Waals surface area contributed by atoms with Gasteiger partial charge in [-0.25, -0.2) is 0 Å². The molecule has 0 bridgehead atoms. The molecule has 3 heterocycles. The Kier molecular flexibility index (Phi) is 8.43. The van der Waals surface area contributed by atoms with Crippen LogP contribution in [0.2, 0.25) is 0 Å². The summed E-state index contributed by atoms with van der Waals surface area (Å²) in [6.45, 7) is 2.13. The van der Waals surface area contributed by atoms with Gasteiger partial charge < -0.3 is 19.3 Å². The minimum atomic E-state index is -0.437. The average molecular weight is 545 g/mol. The van der Waals surface area contributed by atoms with E-state index in [1.807, 2.05) is 59.3 Å². The molecule has 5 rings (SSSR count). The molecule has 2 aromatic carbocycles. The number of piperidine rings is 1. The summed E-state index contributed by atoms with van der Waals surface area (Å²) in [6.07, 6.45) is 6.33. The van der Waals surface area contributed by atoms with E-state index in [1.54, 1.807) is 18.8 Å². The fourth-order valence-corrected chi connectivity index (χ4v) is 6.05. The molecule has 0 radical (unpaired) electrons. The SMILES string of the molecule is COc1ccc(-c2cc(C(=O)N3CCC4(CCCCCc5ccccc5OCCN(C)C4=O)CC3)n(C)n2)cc1. The van der Waals surface area contributed by atoms with Crippen LogP contribution in [0, 0.1) is 5.41 Å². The molecule has 1 fully saturated rings. The van der Waals surface area contributed by atoms with Gasteiger partial charge in [0.25, 0.3) is 5.91 Å². The maximum Gasteiger partial charge on any atom is 0.272 e. The highest BCUT2D eigenvalue weighted by Gasteiger charge is 2.43. The van der Waals surface area contributed by atoms with Crippen LogP contribution in [-0.2, 0) is 18.3 Å². The fourth-order valence-electron chi connectivity index (χ4n) is 6.05. The van der Waals surface area contributed by atoms with E-state index < -0.39 is 5.41 Å². The van der Waals surface area contributed by atoms with Crippen molar-refractivity contribution in [2.45, 2.75) is 44.9 Å². The second-order valence-corrected chi connectivity index (χ2v) is 11.1. The molecule has 2 aliphatic rings. The summed E-state index contributed by atoms with van der Waals surface area (Å²) in [5, 5.41) is 4.59. The van der Waals surface area contributed by atoms with Crippen molar-refractivity contribution in [2.24, 2.45) is 12.5 Å². The average Bonchev–Trinajstić information content (AvgIpc) is 3.38. The van der Waals surface area contributed by atoms with E-state index in [1.165, 1.54) is 5.56 Å². The van der Waals surface area contributed by atoms with Gasteiger partial charge in [-0.3, -0.25) is 14.3 Å². The molecule has 8 nitrogen and oxygen atoms in total. The first-order valence-corrected chi connectivity index (χ1v) is 14.3. The zero-order valence-electron chi connectivity index (χ0n) is 23.9. The highest BCUT2D eigenvalue weighted by atomic mass is 16.5. The van der Waals surface area contributed by atoms with Crippen LogP contribution in [0.3, 0.4) is 0 Å². The molecule has 8 heteroatoms. The number of hydrogen-bond acceptors (Lipinski definition) is 5. The third kappa shape index (κ3) is 5.86.